The highest BCUT2D eigenvalue weighted by Crippen LogP contribution is 2.11. The summed E-state index contributed by atoms with van der Waals surface area (Å²) in [4.78, 5) is 10.8. The zero-order chi connectivity index (χ0) is 13.6. The second kappa shape index (κ2) is 6.18. The van der Waals surface area contributed by atoms with Crippen LogP contribution in [0.2, 0.25) is 0 Å². The van der Waals surface area contributed by atoms with Crippen molar-refractivity contribution in [1.82, 2.24) is 14.9 Å². The van der Waals surface area contributed by atoms with Crippen molar-refractivity contribution in [2.75, 3.05) is 6.54 Å². The van der Waals surface area contributed by atoms with Crippen molar-refractivity contribution >= 4 is 16.0 Å². The number of aromatic amines is 1. The highest BCUT2D eigenvalue weighted by molar-refractivity contribution is 7.89. The molecule has 8 heteroatoms. The molecule has 0 aliphatic carbocycles. The van der Waals surface area contributed by atoms with Gasteiger partial charge in [0, 0.05) is 13.0 Å². The van der Waals surface area contributed by atoms with E-state index in [9.17, 15) is 13.2 Å². The highest BCUT2D eigenvalue weighted by Gasteiger charge is 2.24. The minimum absolute atomic E-state index is 0.197. The summed E-state index contributed by atoms with van der Waals surface area (Å²) in [5.74, 6) is 1.10. The molecule has 0 saturated heterocycles. The maximum Gasteiger partial charge on any atom is 0.340 e. The molecule has 0 aliphatic rings. The average Bonchev–Trinajstić information content (AvgIpc) is 2.78. The lowest BCUT2D eigenvalue weighted by Gasteiger charge is -2.04. The molecular weight excluding hydrogens is 258 g/mol. The summed E-state index contributed by atoms with van der Waals surface area (Å²) in [5.41, 5.74) is -0.383. The summed E-state index contributed by atoms with van der Waals surface area (Å²) in [6.45, 7) is 0.197. The monoisotopic (exact) mass is 271 g/mol. The molecule has 0 atom stereocenters. The van der Waals surface area contributed by atoms with Gasteiger partial charge in [0.1, 0.15) is 5.56 Å². The molecule has 0 aromatic carbocycles. The minimum Gasteiger partial charge on any atom is -0.478 e. The SMILES string of the molecule is C#CCCCCNS(=O)(=O)c1[nH]ncc1C(=O)O. The molecular formula is C10H13N3O4S. The molecule has 1 rings (SSSR count). The van der Waals surface area contributed by atoms with Gasteiger partial charge in [0.25, 0.3) is 10.0 Å². The lowest BCUT2D eigenvalue weighted by atomic mass is 10.2. The second-order valence-corrected chi connectivity index (χ2v) is 5.18. The molecule has 0 spiro atoms. The Labute approximate surface area is 105 Å². The van der Waals surface area contributed by atoms with Crippen LogP contribution in [0.25, 0.3) is 0 Å². The van der Waals surface area contributed by atoms with Crippen LogP contribution < -0.4 is 4.72 Å². The van der Waals surface area contributed by atoms with Gasteiger partial charge in [0.15, 0.2) is 5.03 Å². The Hall–Kier alpha value is -1.85. The van der Waals surface area contributed by atoms with E-state index in [1.165, 1.54) is 0 Å². The van der Waals surface area contributed by atoms with Gasteiger partial charge >= 0.3 is 5.97 Å². The smallest absolute Gasteiger partial charge is 0.340 e. The quantitative estimate of drug-likeness (QED) is 0.484. The van der Waals surface area contributed by atoms with Gasteiger partial charge in [-0.1, -0.05) is 0 Å². The first-order chi connectivity index (χ1) is 8.49. The van der Waals surface area contributed by atoms with Crippen LogP contribution in [-0.4, -0.2) is 36.2 Å². The summed E-state index contributed by atoms with van der Waals surface area (Å²) >= 11 is 0. The topological polar surface area (TPSA) is 112 Å². The fraction of sp³-hybridized carbons (Fsp3) is 0.400. The molecule has 3 N–H and O–H groups in total. The number of carboxylic acid groups (broad SMARTS) is 1. The number of aromatic carboxylic acids is 1. The number of terminal acetylenes is 1. The summed E-state index contributed by atoms with van der Waals surface area (Å²) in [6.07, 6.45) is 7.87. The molecule has 7 nitrogen and oxygen atoms in total. The van der Waals surface area contributed by atoms with Gasteiger partial charge in [-0.2, -0.15) is 5.10 Å². The maximum atomic E-state index is 11.8. The van der Waals surface area contributed by atoms with Crippen molar-refractivity contribution in [2.24, 2.45) is 0 Å². The van der Waals surface area contributed by atoms with Crippen LogP contribution >= 0.6 is 0 Å². The molecule has 18 heavy (non-hydrogen) atoms. The van der Waals surface area contributed by atoms with E-state index in [1.807, 2.05) is 0 Å². The van der Waals surface area contributed by atoms with Gasteiger partial charge in [-0.25, -0.2) is 17.9 Å². The van der Waals surface area contributed by atoms with Crippen molar-refractivity contribution in [3.05, 3.63) is 11.8 Å². The zero-order valence-electron chi connectivity index (χ0n) is 9.51. The first kappa shape index (κ1) is 14.2. The van der Waals surface area contributed by atoms with Gasteiger partial charge in [-0.15, -0.1) is 12.3 Å². The van der Waals surface area contributed by atoms with Crippen molar-refractivity contribution in [1.29, 1.82) is 0 Å². The Morgan fingerprint density at radius 3 is 2.89 bits per heavy atom. The molecule has 0 radical (unpaired) electrons. The Morgan fingerprint density at radius 1 is 1.56 bits per heavy atom. The first-order valence-electron chi connectivity index (χ1n) is 5.19. The van der Waals surface area contributed by atoms with Gasteiger partial charge in [-0.3, -0.25) is 5.10 Å². The van der Waals surface area contributed by atoms with Crippen LogP contribution in [0, 0.1) is 12.3 Å². The van der Waals surface area contributed by atoms with Crippen LogP contribution in [0.3, 0.4) is 0 Å². The molecule has 0 bridgehead atoms. The van der Waals surface area contributed by atoms with E-state index in [-0.39, 0.29) is 12.1 Å². The fourth-order valence-electron chi connectivity index (χ4n) is 1.26. The summed E-state index contributed by atoms with van der Waals surface area (Å²) < 4.78 is 25.8. The molecule has 0 fully saturated rings. The second-order valence-electron chi connectivity index (χ2n) is 3.48. The number of nitrogens with zero attached hydrogens (tertiary/aromatic N) is 1. The van der Waals surface area contributed by atoms with Crippen LogP contribution in [0.15, 0.2) is 11.2 Å². The number of H-pyrrole nitrogens is 1. The van der Waals surface area contributed by atoms with E-state index in [4.69, 9.17) is 11.5 Å². The molecule has 98 valence electrons. The van der Waals surface area contributed by atoms with Crippen molar-refractivity contribution in [2.45, 2.75) is 24.3 Å². The number of sulfonamides is 1. The lowest BCUT2D eigenvalue weighted by Crippen LogP contribution is -2.26. The number of hydrogen-bond acceptors (Lipinski definition) is 4. The maximum absolute atomic E-state index is 11.8. The standard InChI is InChI=1S/C10H13N3O4S/c1-2-3-4-5-6-12-18(16,17)9-8(10(14)15)7-11-13-9/h1,7,12H,3-6H2,(H,11,13)(H,14,15). The minimum atomic E-state index is -3.88. The normalized spacial score (nSPS) is 11.1. The van der Waals surface area contributed by atoms with E-state index in [0.717, 1.165) is 6.20 Å². The molecule has 0 amide bonds. The van der Waals surface area contributed by atoms with Crippen LogP contribution in [-0.2, 0) is 10.0 Å². The average molecular weight is 271 g/mol. The Balaban J connectivity index is 2.67. The van der Waals surface area contributed by atoms with Crippen LogP contribution in [0.1, 0.15) is 29.6 Å². The molecule has 0 saturated carbocycles. The summed E-state index contributed by atoms with van der Waals surface area (Å²) in [6, 6.07) is 0. The van der Waals surface area contributed by atoms with Gasteiger partial charge in [0.05, 0.1) is 6.20 Å². The van der Waals surface area contributed by atoms with E-state index < -0.39 is 21.0 Å². The number of carboxylic acids is 1. The third-order valence-electron chi connectivity index (χ3n) is 2.14. The van der Waals surface area contributed by atoms with Crippen molar-refractivity contribution in [3.63, 3.8) is 0 Å². The molecule has 1 heterocycles. The molecule has 1 aromatic rings. The molecule has 0 aliphatic heterocycles. The number of rotatable bonds is 7. The Morgan fingerprint density at radius 2 is 2.28 bits per heavy atom. The Kier molecular flexibility index (Phi) is 4.88. The van der Waals surface area contributed by atoms with Gasteiger partial charge in [0.2, 0.25) is 0 Å². The third kappa shape index (κ3) is 3.58. The van der Waals surface area contributed by atoms with Crippen molar-refractivity contribution < 1.29 is 18.3 Å². The van der Waals surface area contributed by atoms with E-state index in [0.29, 0.717) is 19.3 Å². The van der Waals surface area contributed by atoms with Gasteiger partial charge in [-0.05, 0) is 12.8 Å². The summed E-state index contributed by atoms with van der Waals surface area (Å²) in [7, 11) is -3.88. The number of hydrogen-bond donors (Lipinski definition) is 3. The molecule has 1 aromatic heterocycles. The third-order valence-corrected chi connectivity index (χ3v) is 3.58. The predicted octanol–water partition coefficient (Wildman–Crippen LogP) is 0.190. The number of carbonyl (C=O) groups is 1. The lowest BCUT2D eigenvalue weighted by molar-refractivity contribution is 0.0692. The zero-order valence-corrected chi connectivity index (χ0v) is 10.3. The first-order valence-corrected chi connectivity index (χ1v) is 6.67. The van der Waals surface area contributed by atoms with E-state index in [1.54, 1.807) is 0 Å². The highest BCUT2D eigenvalue weighted by atomic mass is 32.2. The van der Waals surface area contributed by atoms with E-state index >= 15 is 0 Å². The number of unbranched alkanes of at least 4 members (excludes halogenated alkanes) is 2. The summed E-state index contributed by atoms with van der Waals surface area (Å²) in [5, 5.41) is 13.9. The number of aromatic nitrogens is 2. The van der Waals surface area contributed by atoms with E-state index in [2.05, 4.69) is 20.8 Å². The number of nitrogens with one attached hydrogen (secondary N) is 2. The largest absolute Gasteiger partial charge is 0.478 e. The Bertz CT molecular complexity index is 556. The van der Waals surface area contributed by atoms with Crippen LogP contribution in [0.4, 0.5) is 0 Å². The predicted molar refractivity (Wildman–Crippen MR) is 63.4 cm³/mol. The van der Waals surface area contributed by atoms with Crippen LogP contribution in [0.5, 0.6) is 0 Å². The fourth-order valence-corrected chi connectivity index (χ4v) is 2.42. The van der Waals surface area contributed by atoms with Gasteiger partial charge < -0.3 is 5.11 Å². The van der Waals surface area contributed by atoms with Crippen molar-refractivity contribution in [3.8, 4) is 12.3 Å². The molecule has 0 unspecified atom stereocenters.